The molecule has 5 heterocycles. The van der Waals surface area contributed by atoms with Crippen LogP contribution in [0, 0.1) is 5.92 Å². The summed E-state index contributed by atoms with van der Waals surface area (Å²) in [6.45, 7) is 5.84. The first-order valence-corrected chi connectivity index (χ1v) is 41.2. The van der Waals surface area contributed by atoms with Gasteiger partial charge in [0.1, 0.15) is 85.8 Å². The number of methoxy groups -OCH3 is 2. The summed E-state index contributed by atoms with van der Waals surface area (Å²) in [4.78, 5) is 68.8. The molecule has 32 heteroatoms. The van der Waals surface area contributed by atoms with Gasteiger partial charge in [-0.05, 0) is 99.9 Å². The standard InChI is InChI=1S/C92H101N9O23/c1-7-66-72(119-91-83(113-54-63-43-27-14-28-44-63)78(111-52-61-39-23-12-24-40-61)81(82(124-91)87(105)106-5)123-90-71(98-101-95)76(109-50-59-35-19-10-20-36-59)74(67(8-2)116-90)108-49-58-33-17-9-18-34-58)56(3)69(96-99-93)89(115-66)122-80-73(57(4)102)120-92(84(118-86(104)65-47-31-16-32-48-65)79(80)112-53-62-41-25-13-26-42-62)121-75-68(55-114-85(103)64-45-29-15-30-46-64)117-88(107-6)70(97-100-94)77(75)110-51-60-37-21-11-22-38-60/h9-48,56,66-84,88-92H,7-8,49-55H2,1-6H3/t56?,66?,67?,68?,69-,70-,71?,72-,73?,74+,75+,76-,77?,78+,79-,80+,81-,82?,83?,84?,88-,89+,90+,91-,92+/m1/s1. The molecule has 32 nitrogen and oxygen atoms in total. The number of esters is 3. The fourth-order valence-electron chi connectivity index (χ4n) is 15.9. The van der Waals surface area contributed by atoms with Crippen LogP contribution in [0.4, 0.5) is 0 Å². The number of rotatable bonds is 39. The summed E-state index contributed by atoms with van der Waals surface area (Å²) in [6.07, 6.45) is -29.5. The fraction of sp³-hybridized carbons (Fsp3) is 0.435. The lowest BCUT2D eigenvalue weighted by molar-refractivity contribution is -0.377. The summed E-state index contributed by atoms with van der Waals surface area (Å²) >= 11 is 0. The normalized spacial score (nSPS) is 29.7. The minimum Gasteiger partial charge on any atom is -0.467 e. The SMILES string of the molecule is CCC1O[C@@H](O[C@H]2C(C(C)=O)O[C@@H](O[C@H]3C(COC(=O)c4ccccc4)O[C@@H](OC)[C@H](N=[N+]=[N-])C3OCc3ccccc3)C(OC(=O)c3ccccc3)[C@@H]2OCc2ccccc2)[C@H](N=[N+]=[N-])C(C)[C@H]1O[C@@H]1OC(C(=O)OC)[C@H](O[C@@H]2OC(CC)[C@H](OCc3ccccc3)[C@H](OCc3ccccc3)C2N=[N+]=[N-])[C@H](OCc2ccccc2)C1OCc1ccccc1. The third-order valence-electron chi connectivity index (χ3n) is 22.2. The van der Waals surface area contributed by atoms with Crippen molar-refractivity contribution in [2.24, 2.45) is 21.3 Å². The Kier molecular flexibility index (Phi) is 33.5. The Morgan fingerprint density at radius 2 is 0.677 bits per heavy atom. The molecule has 0 bridgehead atoms. The van der Waals surface area contributed by atoms with Crippen LogP contribution in [0.1, 0.15) is 94.6 Å². The van der Waals surface area contributed by atoms with Gasteiger partial charge in [-0.1, -0.05) is 255 Å². The number of hydrogen-bond donors (Lipinski definition) is 0. The van der Waals surface area contributed by atoms with Crippen molar-refractivity contribution in [3.8, 4) is 0 Å². The molecule has 0 aliphatic carbocycles. The van der Waals surface area contributed by atoms with E-state index in [1.807, 2.05) is 172 Å². The van der Waals surface area contributed by atoms with Gasteiger partial charge in [-0.2, -0.15) is 0 Å². The maximum absolute atomic E-state index is 15.1. The van der Waals surface area contributed by atoms with Crippen molar-refractivity contribution >= 4 is 23.7 Å². The van der Waals surface area contributed by atoms with E-state index < -0.39 is 183 Å². The molecule has 13 rings (SSSR count). The summed E-state index contributed by atoms with van der Waals surface area (Å²) in [5.41, 5.74) is 36.4. The van der Waals surface area contributed by atoms with Gasteiger partial charge in [0.25, 0.3) is 0 Å². The molecule has 0 aromatic heterocycles. The third-order valence-corrected chi connectivity index (χ3v) is 22.2. The molecular weight excluding hydrogens is 1600 g/mol. The smallest absolute Gasteiger partial charge is 0.338 e. The molecule has 5 aliphatic rings. The quantitative estimate of drug-likeness (QED) is 0.0113. The second-order valence-electron chi connectivity index (χ2n) is 30.3. The molecule has 8 aromatic carbocycles. The van der Waals surface area contributed by atoms with Gasteiger partial charge in [-0.3, -0.25) is 4.79 Å². The maximum Gasteiger partial charge on any atom is 0.338 e. The second kappa shape index (κ2) is 45.7. The number of benzene rings is 8. The lowest BCUT2D eigenvalue weighted by Gasteiger charge is -2.52. The number of ketones is 1. The molecule has 8 aromatic rings. The highest BCUT2D eigenvalue weighted by Gasteiger charge is 2.61. The van der Waals surface area contributed by atoms with Crippen LogP contribution in [0.15, 0.2) is 258 Å². The van der Waals surface area contributed by atoms with E-state index in [-0.39, 0.29) is 57.2 Å². The van der Waals surface area contributed by atoms with Gasteiger partial charge in [0, 0.05) is 21.8 Å². The van der Waals surface area contributed by atoms with E-state index >= 15 is 9.59 Å². The minimum atomic E-state index is -1.88. The van der Waals surface area contributed by atoms with Gasteiger partial charge >= 0.3 is 17.9 Å². The predicted octanol–water partition coefficient (Wildman–Crippen LogP) is 14.6. The largest absolute Gasteiger partial charge is 0.467 e. The Hall–Kier alpha value is -10.9. The van der Waals surface area contributed by atoms with Crippen molar-refractivity contribution in [1.29, 1.82) is 0 Å². The lowest BCUT2D eigenvalue weighted by atomic mass is 9.87. The van der Waals surface area contributed by atoms with E-state index in [0.29, 0.717) is 28.7 Å². The highest BCUT2D eigenvalue weighted by molar-refractivity contribution is 5.90. The van der Waals surface area contributed by atoms with Gasteiger partial charge in [0.05, 0.1) is 82.2 Å². The van der Waals surface area contributed by atoms with E-state index in [2.05, 4.69) is 30.1 Å². The molecule has 0 spiro atoms. The number of hydrogen-bond acceptors (Lipinski definition) is 26. The first-order chi connectivity index (χ1) is 60.7. The number of azide groups is 3. The maximum atomic E-state index is 15.1. The van der Waals surface area contributed by atoms with Crippen molar-refractivity contribution < 1.29 is 109 Å². The number of carbonyl (C=O) groups is 4. The number of nitrogens with zero attached hydrogens (tertiary/aromatic N) is 9. The minimum absolute atomic E-state index is 0.0612. The zero-order chi connectivity index (χ0) is 86.7. The molecule has 652 valence electrons. The Balaban J connectivity index is 0.863. The van der Waals surface area contributed by atoms with Gasteiger partial charge in [-0.15, -0.1) is 0 Å². The van der Waals surface area contributed by atoms with Gasteiger partial charge in [0.2, 0.25) is 0 Å². The molecule has 5 saturated heterocycles. The molecular formula is C92H101N9O23. The van der Waals surface area contributed by atoms with Crippen LogP contribution in [-0.2, 0) is 139 Å². The first-order valence-electron chi connectivity index (χ1n) is 41.2. The van der Waals surface area contributed by atoms with Crippen molar-refractivity contribution in [3.05, 3.63) is 318 Å². The van der Waals surface area contributed by atoms with Gasteiger partial charge in [0.15, 0.2) is 49.4 Å². The van der Waals surface area contributed by atoms with Crippen LogP contribution in [-0.4, -0.2) is 192 Å². The van der Waals surface area contributed by atoms with Crippen LogP contribution in [0.25, 0.3) is 31.3 Å². The predicted molar refractivity (Wildman–Crippen MR) is 444 cm³/mol. The zero-order valence-electron chi connectivity index (χ0n) is 69.3. The third kappa shape index (κ3) is 23.2. The van der Waals surface area contributed by atoms with Crippen molar-refractivity contribution in [1.82, 2.24) is 0 Å². The number of Topliss-reactive ketones (excluding diaryl/α,β-unsaturated/α-hetero) is 1. The average Bonchev–Trinajstić information content (AvgIpc) is 0.757. The average molecular weight is 1700 g/mol. The Morgan fingerprint density at radius 1 is 0.347 bits per heavy atom. The molecule has 0 saturated carbocycles. The van der Waals surface area contributed by atoms with Crippen LogP contribution < -0.4 is 0 Å². The topological polar surface area (TPSA) is 390 Å². The van der Waals surface area contributed by atoms with Crippen molar-refractivity contribution in [2.75, 3.05) is 20.8 Å². The number of ether oxygens (including phenoxy) is 19. The van der Waals surface area contributed by atoms with Crippen molar-refractivity contribution in [2.45, 2.75) is 227 Å². The molecule has 0 N–H and O–H groups in total. The van der Waals surface area contributed by atoms with E-state index in [1.54, 1.807) is 79.7 Å². The summed E-state index contributed by atoms with van der Waals surface area (Å²) in [7, 11) is 2.51. The summed E-state index contributed by atoms with van der Waals surface area (Å²) in [6, 6.07) is 67.8. The van der Waals surface area contributed by atoms with Crippen LogP contribution in [0.5, 0.6) is 0 Å². The lowest BCUT2D eigenvalue weighted by Crippen LogP contribution is -2.68. The van der Waals surface area contributed by atoms with Crippen molar-refractivity contribution in [3.63, 3.8) is 0 Å². The van der Waals surface area contributed by atoms with Crippen LogP contribution in [0.2, 0.25) is 0 Å². The molecule has 10 unspecified atom stereocenters. The van der Waals surface area contributed by atoms with E-state index in [1.165, 1.54) is 33.3 Å². The molecule has 5 fully saturated rings. The molecule has 0 radical (unpaired) electrons. The van der Waals surface area contributed by atoms with Gasteiger partial charge in [-0.25, -0.2) is 14.4 Å². The highest BCUT2D eigenvalue weighted by Crippen LogP contribution is 2.44. The molecule has 25 atom stereocenters. The Labute approximate surface area is 717 Å². The second-order valence-corrected chi connectivity index (χ2v) is 30.3. The molecule has 0 amide bonds. The van der Waals surface area contributed by atoms with Gasteiger partial charge < -0.3 is 90.0 Å². The van der Waals surface area contributed by atoms with E-state index in [4.69, 9.17) is 90.0 Å². The van der Waals surface area contributed by atoms with Crippen LogP contribution >= 0.6 is 0 Å². The Morgan fingerprint density at radius 3 is 1.10 bits per heavy atom. The fourth-order valence-corrected chi connectivity index (χ4v) is 15.9. The monoisotopic (exact) mass is 1700 g/mol. The number of carbonyl (C=O) groups excluding carboxylic acids is 4. The first kappa shape index (κ1) is 90.8. The van der Waals surface area contributed by atoms with E-state index in [0.717, 1.165) is 11.1 Å². The highest BCUT2D eigenvalue weighted by atomic mass is 16.8. The zero-order valence-corrected chi connectivity index (χ0v) is 69.3. The van der Waals surface area contributed by atoms with Crippen LogP contribution in [0.3, 0.4) is 0 Å². The summed E-state index contributed by atoms with van der Waals surface area (Å²) in [5, 5.41) is 12.8. The summed E-state index contributed by atoms with van der Waals surface area (Å²) < 4.78 is 129. The Bertz CT molecular complexity index is 4810. The molecule has 5 aliphatic heterocycles. The van der Waals surface area contributed by atoms with E-state index in [9.17, 15) is 26.2 Å². The summed E-state index contributed by atoms with van der Waals surface area (Å²) in [5.74, 6) is -4.23. The molecule has 124 heavy (non-hydrogen) atoms.